The van der Waals surface area contributed by atoms with Gasteiger partial charge in [-0.25, -0.2) is 0 Å². The van der Waals surface area contributed by atoms with E-state index in [4.69, 9.17) is 17.0 Å². The van der Waals surface area contributed by atoms with Crippen molar-refractivity contribution in [2.24, 2.45) is 0 Å². The molecule has 2 amide bonds. The molecule has 6 nitrogen and oxygen atoms in total. The molecular formula is C16H17N3O3S2. The van der Waals surface area contributed by atoms with Crippen molar-refractivity contribution in [3.8, 4) is 5.75 Å². The minimum absolute atomic E-state index is 0.00512. The van der Waals surface area contributed by atoms with Crippen LogP contribution in [0.3, 0.4) is 0 Å². The van der Waals surface area contributed by atoms with Crippen LogP contribution in [0.25, 0.3) is 0 Å². The van der Waals surface area contributed by atoms with Crippen molar-refractivity contribution in [2.75, 3.05) is 6.61 Å². The molecule has 2 rings (SSSR count). The van der Waals surface area contributed by atoms with Crippen LogP contribution in [-0.4, -0.2) is 23.5 Å². The number of rotatable bonds is 4. The second-order valence-corrected chi connectivity index (χ2v) is 6.35. The summed E-state index contributed by atoms with van der Waals surface area (Å²) in [4.78, 5) is 24.1. The van der Waals surface area contributed by atoms with Crippen molar-refractivity contribution in [1.82, 2.24) is 16.2 Å². The molecule has 0 fully saturated rings. The SMILES string of the molecule is Cc1ccc(C)c(OCC(=O)NC(=S)NNC(=O)c2cccs2)c1. The van der Waals surface area contributed by atoms with Gasteiger partial charge in [0.05, 0.1) is 4.88 Å². The maximum atomic E-state index is 11.8. The molecule has 24 heavy (non-hydrogen) atoms. The largest absolute Gasteiger partial charge is 0.483 e. The number of thiocarbonyl (C=S) groups is 1. The summed E-state index contributed by atoms with van der Waals surface area (Å²) in [6.07, 6.45) is 0. The van der Waals surface area contributed by atoms with Gasteiger partial charge in [-0.15, -0.1) is 11.3 Å². The van der Waals surface area contributed by atoms with Gasteiger partial charge in [-0.1, -0.05) is 18.2 Å². The van der Waals surface area contributed by atoms with E-state index in [0.717, 1.165) is 11.1 Å². The minimum Gasteiger partial charge on any atom is -0.483 e. The molecule has 0 saturated carbocycles. The van der Waals surface area contributed by atoms with Crippen LogP contribution in [0.5, 0.6) is 5.75 Å². The second-order valence-electron chi connectivity index (χ2n) is 4.99. The van der Waals surface area contributed by atoms with Crippen LogP contribution >= 0.6 is 23.6 Å². The molecule has 0 spiro atoms. The first-order valence-electron chi connectivity index (χ1n) is 7.09. The molecule has 0 aliphatic carbocycles. The zero-order valence-electron chi connectivity index (χ0n) is 13.2. The third kappa shape index (κ3) is 5.32. The molecule has 126 valence electrons. The molecule has 0 radical (unpaired) electrons. The Morgan fingerprint density at radius 3 is 2.71 bits per heavy atom. The predicted octanol–water partition coefficient (Wildman–Crippen LogP) is 2.08. The summed E-state index contributed by atoms with van der Waals surface area (Å²) in [6.45, 7) is 3.67. The Hall–Kier alpha value is -2.45. The lowest BCUT2D eigenvalue weighted by Gasteiger charge is -2.12. The molecule has 0 saturated heterocycles. The van der Waals surface area contributed by atoms with E-state index >= 15 is 0 Å². The van der Waals surface area contributed by atoms with Crippen molar-refractivity contribution >= 4 is 40.5 Å². The summed E-state index contributed by atoms with van der Waals surface area (Å²) in [5, 5.41) is 4.22. The minimum atomic E-state index is -0.418. The molecule has 3 N–H and O–H groups in total. The van der Waals surface area contributed by atoms with E-state index in [-0.39, 0.29) is 17.6 Å². The molecule has 0 bridgehead atoms. The Morgan fingerprint density at radius 1 is 1.21 bits per heavy atom. The number of thiophene rings is 1. The lowest BCUT2D eigenvalue weighted by molar-refractivity contribution is -0.121. The van der Waals surface area contributed by atoms with Crippen molar-refractivity contribution < 1.29 is 14.3 Å². The Bertz CT molecular complexity index is 745. The molecule has 0 atom stereocenters. The fourth-order valence-electron chi connectivity index (χ4n) is 1.78. The highest BCUT2D eigenvalue weighted by molar-refractivity contribution is 7.80. The monoisotopic (exact) mass is 363 g/mol. The van der Waals surface area contributed by atoms with Gasteiger partial charge < -0.3 is 4.74 Å². The summed E-state index contributed by atoms with van der Waals surface area (Å²) in [5.74, 6) is -0.0953. The molecule has 1 heterocycles. The molecule has 8 heteroatoms. The zero-order valence-corrected chi connectivity index (χ0v) is 14.8. The molecule has 2 aromatic rings. The lowest BCUT2D eigenvalue weighted by Crippen LogP contribution is -2.49. The number of hydrogen-bond donors (Lipinski definition) is 3. The number of nitrogens with one attached hydrogen (secondary N) is 3. The van der Waals surface area contributed by atoms with Crippen LogP contribution in [-0.2, 0) is 4.79 Å². The zero-order chi connectivity index (χ0) is 17.5. The summed E-state index contributed by atoms with van der Waals surface area (Å²) < 4.78 is 5.48. The van der Waals surface area contributed by atoms with Crippen LogP contribution in [0.1, 0.15) is 20.8 Å². The second kappa shape index (κ2) is 8.42. The van der Waals surface area contributed by atoms with E-state index in [2.05, 4.69) is 16.2 Å². The number of aryl methyl sites for hydroxylation is 2. The van der Waals surface area contributed by atoms with E-state index in [1.807, 2.05) is 32.0 Å². The highest BCUT2D eigenvalue weighted by atomic mass is 32.1. The van der Waals surface area contributed by atoms with Crippen molar-refractivity contribution in [2.45, 2.75) is 13.8 Å². The molecule has 1 aromatic carbocycles. The van der Waals surface area contributed by atoms with Crippen molar-refractivity contribution in [3.63, 3.8) is 0 Å². The van der Waals surface area contributed by atoms with Gasteiger partial charge in [0.1, 0.15) is 5.75 Å². The van der Waals surface area contributed by atoms with E-state index in [0.29, 0.717) is 10.6 Å². The summed E-state index contributed by atoms with van der Waals surface area (Å²) >= 11 is 6.25. The third-order valence-corrected chi connectivity index (χ3v) is 4.06. The third-order valence-electron chi connectivity index (χ3n) is 2.99. The number of hydrazine groups is 1. The smallest absolute Gasteiger partial charge is 0.279 e. The first-order valence-corrected chi connectivity index (χ1v) is 8.38. The summed E-state index contributed by atoms with van der Waals surface area (Å²) in [5.41, 5.74) is 6.86. The van der Waals surface area contributed by atoms with Crippen molar-refractivity contribution in [3.05, 3.63) is 51.7 Å². The Kier molecular flexibility index (Phi) is 6.28. The number of carbonyl (C=O) groups excluding carboxylic acids is 2. The summed E-state index contributed by atoms with van der Waals surface area (Å²) in [7, 11) is 0. The van der Waals surface area contributed by atoms with Gasteiger partial charge in [0, 0.05) is 0 Å². The molecule has 0 unspecified atom stereocenters. The quantitative estimate of drug-likeness (QED) is 0.573. The molecule has 0 aliphatic heterocycles. The van der Waals surface area contributed by atoms with Crippen LogP contribution in [0, 0.1) is 13.8 Å². The molecule has 0 aliphatic rings. The number of carbonyl (C=O) groups is 2. The van der Waals surface area contributed by atoms with Gasteiger partial charge in [0.15, 0.2) is 11.7 Å². The number of amides is 2. The van der Waals surface area contributed by atoms with Gasteiger partial charge >= 0.3 is 0 Å². The first-order chi connectivity index (χ1) is 11.5. The lowest BCUT2D eigenvalue weighted by atomic mass is 10.1. The number of hydrogen-bond acceptors (Lipinski definition) is 5. The maximum absolute atomic E-state index is 11.8. The van der Waals surface area contributed by atoms with E-state index < -0.39 is 5.91 Å². The standard InChI is InChI=1S/C16H17N3O3S2/c1-10-5-6-11(2)12(8-10)22-9-14(20)17-16(23)19-18-15(21)13-4-3-7-24-13/h3-8H,9H2,1-2H3,(H,18,21)(H2,17,19,20,23). The van der Waals surface area contributed by atoms with E-state index in [1.165, 1.54) is 11.3 Å². The Labute approximate surface area is 149 Å². The van der Waals surface area contributed by atoms with Crippen LogP contribution in [0.4, 0.5) is 0 Å². The number of ether oxygens (including phenoxy) is 1. The van der Waals surface area contributed by atoms with Gasteiger partial charge in [0.2, 0.25) is 0 Å². The van der Waals surface area contributed by atoms with Crippen LogP contribution in [0.15, 0.2) is 35.7 Å². The fraction of sp³-hybridized carbons (Fsp3) is 0.188. The van der Waals surface area contributed by atoms with E-state index in [9.17, 15) is 9.59 Å². The van der Waals surface area contributed by atoms with Crippen LogP contribution in [0.2, 0.25) is 0 Å². The Morgan fingerprint density at radius 2 is 2.00 bits per heavy atom. The van der Waals surface area contributed by atoms with E-state index in [1.54, 1.807) is 17.5 Å². The number of benzene rings is 1. The average Bonchev–Trinajstić information content (AvgIpc) is 3.08. The topological polar surface area (TPSA) is 79.5 Å². The van der Waals surface area contributed by atoms with Gasteiger partial charge in [0.25, 0.3) is 11.8 Å². The molecule has 1 aromatic heterocycles. The normalized spacial score (nSPS) is 9.92. The van der Waals surface area contributed by atoms with Gasteiger partial charge in [-0.3, -0.25) is 25.8 Å². The van der Waals surface area contributed by atoms with Crippen LogP contribution < -0.4 is 20.9 Å². The predicted molar refractivity (Wildman–Crippen MR) is 97.1 cm³/mol. The molecular weight excluding hydrogens is 346 g/mol. The maximum Gasteiger partial charge on any atom is 0.279 e. The van der Waals surface area contributed by atoms with Gasteiger partial charge in [-0.2, -0.15) is 0 Å². The van der Waals surface area contributed by atoms with Gasteiger partial charge in [-0.05, 0) is 54.7 Å². The average molecular weight is 363 g/mol. The first kappa shape index (κ1) is 17.9. The highest BCUT2D eigenvalue weighted by Gasteiger charge is 2.09. The Balaban J connectivity index is 1.74. The van der Waals surface area contributed by atoms with Crippen molar-refractivity contribution in [1.29, 1.82) is 0 Å². The fourth-order valence-corrected chi connectivity index (χ4v) is 2.57. The highest BCUT2D eigenvalue weighted by Crippen LogP contribution is 2.18. The summed E-state index contributed by atoms with van der Waals surface area (Å²) in [6, 6.07) is 9.21.